The van der Waals surface area contributed by atoms with Gasteiger partial charge in [0.1, 0.15) is 22.7 Å². The Morgan fingerprint density at radius 3 is 2.60 bits per heavy atom. The molecule has 11 nitrogen and oxygen atoms in total. The molecule has 1 aromatic heterocycles. The number of anilines is 1. The number of para-hydroxylation sites is 1. The third kappa shape index (κ3) is 3.45. The molecule has 3 aromatic rings. The minimum atomic E-state index is -1.40. The van der Waals surface area contributed by atoms with Crippen molar-refractivity contribution in [3.8, 4) is 17.2 Å². The first-order valence-electron chi connectivity index (χ1n) is 8.56. The number of hydrogen-bond donors (Lipinski definition) is 2. The van der Waals surface area contributed by atoms with Crippen LogP contribution in [0.5, 0.6) is 11.5 Å². The van der Waals surface area contributed by atoms with Crippen molar-refractivity contribution in [3.05, 3.63) is 58.3 Å². The third-order valence-electron chi connectivity index (χ3n) is 4.21. The summed E-state index contributed by atoms with van der Waals surface area (Å²) in [5.74, 6) is -2.68. The normalized spacial score (nSPS) is 10.6. The molecule has 0 bridgehead atoms. The minimum Gasteiger partial charge on any atom is -0.507 e. The van der Waals surface area contributed by atoms with Gasteiger partial charge in [-0.05, 0) is 47.7 Å². The number of hydrogen-bond acceptors (Lipinski definition) is 7. The highest BCUT2D eigenvalue weighted by atomic mass is 19.1. The van der Waals surface area contributed by atoms with Gasteiger partial charge in [-0.3, -0.25) is 4.90 Å². The van der Waals surface area contributed by atoms with Crippen molar-refractivity contribution in [1.29, 1.82) is 0 Å². The second-order valence-electron chi connectivity index (χ2n) is 5.91. The molecular formula is C18H16FN5O6. The quantitative estimate of drug-likeness (QED) is 0.595. The maximum absolute atomic E-state index is 14.3. The molecule has 0 saturated heterocycles. The van der Waals surface area contributed by atoms with Crippen molar-refractivity contribution in [3.63, 3.8) is 0 Å². The average Bonchev–Trinajstić information content (AvgIpc) is 3.10. The van der Waals surface area contributed by atoms with Crippen LogP contribution in [0.4, 0.5) is 14.9 Å². The van der Waals surface area contributed by atoms with E-state index in [1.165, 1.54) is 25.3 Å². The van der Waals surface area contributed by atoms with Gasteiger partial charge in [0.15, 0.2) is 5.82 Å². The Bertz CT molecular complexity index is 1190. The van der Waals surface area contributed by atoms with E-state index in [9.17, 15) is 23.9 Å². The van der Waals surface area contributed by atoms with Crippen molar-refractivity contribution in [2.24, 2.45) is 0 Å². The largest absolute Gasteiger partial charge is 0.507 e. The van der Waals surface area contributed by atoms with Gasteiger partial charge in [0.05, 0.1) is 7.11 Å². The van der Waals surface area contributed by atoms with Gasteiger partial charge in [-0.2, -0.15) is 4.68 Å². The number of halogens is 1. The lowest BCUT2D eigenvalue weighted by molar-refractivity contribution is 0.0693. The number of methoxy groups -OCH3 is 1. The smallest absolute Gasteiger partial charge is 0.377 e. The molecule has 0 radical (unpaired) electrons. The van der Waals surface area contributed by atoms with Crippen LogP contribution in [0.3, 0.4) is 0 Å². The van der Waals surface area contributed by atoms with Crippen LogP contribution >= 0.6 is 0 Å². The summed E-state index contributed by atoms with van der Waals surface area (Å²) < 4.78 is 20.3. The maximum atomic E-state index is 14.3. The first kappa shape index (κ1) is 20.5. The molecule has 2 aromatic carbocycles. The van der Waals surface area contributed by atoms with Crippen LogP contribution in [0, 0.1) is 5.82 Å². The van der Waals surface area contributed by atoms with E-state index in [0.717, 1.165) is 23.1 Å². The molecule has 0 unspecified atom stereocenters. The zero-order valence-electron chi connectivity index (χ0n) is 15.8. The van der Waals surface area contributed by atoms with Gasteiger partial charge in [0, 0.05) is 12.2 Å². The summed E-state index contributed by atoms with van der Waals surface area (Å²) in [6, 6.07) is 6.42. The molecule has 0 aliphatic carbocycles. The Balaban J connectivity index is 2.05. The summed E-state index contributed by atoms with van der Waals surface area (Å²) in [7, 11) is 1.28. The second-order valence-corrected chi connectivity index (χ2v) is 5.91. The van der Waals surface area contributed by atoms with E-state index in [0.29, 0.717) is 9.36 Å². The van der Waals surface area contributed by atoms with Crippen LogP contribution in [0.25, 0.3) is 5.69 Å². The molecular weight excluding hydrogens is 401 g/mol. The number of benzene rings is 2. The molecule has 156 valence electrons. The van der Waals surface area contributed by atoms with Gasteiger partial charge in [-0.25, -0.2) is 18.8 Å². The number of tetrazole rings is 1. The Kier molecular flexibility index (Phi) is 5.49. The Morgan fingerprint density at radius 1 is 1.23 bits per heavy atom. The zero-order chi connectivity index (χ0) is 22.0. The van der Waals surface area contributed by atoms with Crippen LogP contribution in [-0.4, -0.2) is 55.7 Å². The molecule has 1 amide bonds. The molecule has 0 aliphatic rings. The van der Waals surface area contributed by atoms with E-state index >= 15 is 0 Å². The van der Waals surface area contributed by atoms with Crippen LogP contribution in [0.1, 0.15) is 17.3 Å². The number of carboxylic acids is 1. The fourth-order valence-corrected chi connectivity index (χ4v) is 2.78. The van der Waals surface area contributed by atoms with Gasteiger partial charge in [0.2, 0.25) is 0 Å². The number of aromatic nitrogens is 4. The Hall–Kier alpha value is -4.22. The number of amides is 1. The number of rotatable bonds is 5. The number of aromatic hydroxyl groups is 1. The minimum absolute atomic E-state index is 0.00795. The van der Waals surface area contributed by atoms with E-state index in [1.54, 1.807) is 6.92 Å². The highest BCUT2D eigenvalue weighted by Gasteiger charge is 2.25. The lowest BCUT2D eigenvalue weighted by Crippen LogP contribution is -2.41. The SMILES string of the molecule is CCN(C(=O)n1nnn(-c2c(F)cccc2OC)c1=O)c1ccc(O)c(C(=O)O)c1. The lowest BCUT2D eigenvalue weighted by Gasteiger charge is -2.20. The lowest BCUT2D eigenvalue weighted by atomic mass is 10.1. The molecule has 30 heavy (non-hydrogen) atoms. The van der Waals surface area contributed by atoms with Gasteiger partial charge in [-0.15, -0.1) is 4.68 Å². The highest BCUT2D eigenvalue weighted by Crippen LogP contribution is 2.25. The van der Waals surface area contributed by atoms with E-state index < -0.39 is 34.8 Å². The predicted molar refractivity (Wildman–Crippen MR) is 101 cm³/mol. The van der Waals surface area contributed by atoms with E-state index in [4.69, 9.17) is 9.84 Å². The van der Waals surface area contributed by atoms with Crippen molar-refractivity contribution in [2.45, 2.75) is 6.92 Å². The highest BCUT2D eigenvalue weighted by molar-refractivity contribution is 5.96. The molecule has 0 atom stereocenters. The Morgan fingerprint density at radius 2 is 1.97 bits per heavy atom. The summed E-state index contributed by atoms with van der Waals surface area (Å²) in [6.07, 6.45) is 0. The molecule has 1 heterocycles. The fraction of sp³-hybridized carbons (Fsp3) is 0.167. The molecule has 0 saturated carbocycles. The molecule has 2 N–H and O–H groups in total. The van der Waals surface area contributed by atoms with E-state index in [2.05, 4.69) is 10.4 Å². The number of carbonyl (C=O) groups excluding carboxylic acids is 1. The number of ether oxygens (including phenoxy) is 1. The Labute approximate surface area is 168 Å². The van der Waals surface area contributed by atoms with Crippen molar-refractivity contribution < 1.29 is 28.9 Å². The third-order valence-corrected chi connectivity index (χ3v) is 4.21. The number of phenols is 1. The second kappa shape index (κ2) is 8.03. The van der Waals surface area contributed by atoms with Crippen LogP contribution in [0.2, 0.25) is 0 Å². The van der Waals surface area contributed by atoms with Crippen molar-refractivity contribution in [1.82, 2.24) is 19.8 Å². The number of aromatic carboxylic acids is 1. The molecule has 3 rings (SSSR count). The van der Waals surface area contributed by atoms with Gasteiger partial charge in [0.25, 0.3) is 0 Å². The molecule has 0 fully saturated rings. The topological polar surface area (TPSA) is 140 Å². The first-order chi connectivity index (χ1) is 14.3. The standard InChI is InChI=1S/C18H16FN5O6/c1-3-22(10-7-8-13(25)11(9-10)16(26)27)17(28)24-18(29)23(20-21-24)15-12(19)5-4-6-14(15)30-2/h4-9,25H,3H2,1-2H3,(H,26,27). The first-order valence-corrected chi connectivity index (χ1v) is 8.56. The summed E-state index contributed by atoms with van der Waals surface area (Å²) in [5.41, 5.74) is -1.70. The summed E-state index contributed by atoms with van der Waals surface area (Å²) in [4.78, 5) is 37.9. The molecule has 12 heteroatoms. The number of carbonyl (C=O) groups is 2. The van der Waals surface area contributed by atoms with Crippen LogP contribution in [0.15, 0.2) is 41.2 Å². The van der Waals surface area contributed by atoms with Crippen LogP contribution in [-0.2, 0) is 0 Å². The van der Waals surface area contributed by atoms with Gasteiger partial charge in [-0.1, -0.05) is 6.07 Å². The zero-order valence-corrected chi connectivity index (χ0v) is 15.8. The average molecular weight is 417 g/mol. The van der Waals surface area contributed by atoms with Crippen LogP contribution < -0.4 is 15.3 Å². The number of nitrogens with zero attached hydrogens (tertiary/aromatic N) is 5. The van der Waals surface area contributed by atoms with Gasteiger partial charge < -0.3 is 14.9 Å². The van der Waals surface area contributed by atoms with E-state index in [1.807, 2.05) is 0 Å². The monoisotopic (exact) mass is 417 g/mol. The van der Waals surface area contributed by atoms with Crippen molar-refractivity contribution in [2.75, 3.05) is 18.6 Å². The number of carboxylic acid groups (broad SMARTS) is 1. The fourth-order valence-electron chi connectivity index (χ4n) is 2.78. The molecule has 0 aliphatic heterocycles. The summed E-state index contributed by atoms with van der Waals surface area (Å²) >= 11 is 0. The summed E-state index contributed by atoms with van der Waals surface area (Å²) in [6.45, 7) is 1.62. The van der Waals surface area contributed by atoms with Crippen molar-refractivity contribution >= 4 is 17.7 Å². The summed E-state index contributed by atoms with van der Waals surface area (Å²) in [5, 5.41) is 25.9. The maximum Gasteiger partial charge on any atom is 0.377 e. The molecule has 0 spiro atoms. The van der Waals surface area contributed by atoms with E-state index in [-0.39, 0.29) is 23.7 Å². The van der Waals surface area contributed by atoms with Gasteiger partial charge >= 0.3 is 17.7 Å². The predicted octanol–water partition coefficient (Wildman–Crippen LogP) is 1.48.